The van der Waals surface area contributed by atoms with Gasteiger partial charge in [-0.15, -0.1) is 0 Å². The standard InChI is InChI=1S/C12H15ClO2/c13-11-3-1-10(2-4-11)12(14)7-9-5-6-15-8-9/h1-4,9,12,14H,5-8H2. The van der Waals surface area contributed by atoms with Gasteiger partial charge in [0.15, 0.2) is 0 Å². The van der Waals surface area contributed by atoms with E-state index >= 15 is 0 Å². The van der Waals surface area contributed by atoms with Gasteiger partial charge >= 0.3 is 0 Å². The van der Waals surface area contributed by atoms with Gasteiger partial charge in [-0.2, -0.15) is 0 Å². The monoisotopic (exact) mass is 226 g/mol. The van der Waals surface area contributed by atoms with Crippen molar-refractivity contribution < 1.29 is 9.84 Å². The van der Waals surface area contributed by atoms with Crippen LogP contribution in [0, 0.1) is 5.92 Å². The molecule has 0 bridgehead atoms. The van der Waals surface area contributed by atoms with Crippen molar-refractivity contribution in [3.8, 4) is 0 Å². The quantitative estimate of drug-likeness (QED) is 0.859. The highest BCUT2D eigenvalue weighted by Gasteiger charge is 2.20. The van der Waals surface area contributed by atoms with Crippen LogP contribution in [0.5, 0.6) is 0 Å². The summed E-state index contributed by atoms with van der Waals surface area (Å²) in [6.07, 6.45) is 1.45. The van der Waals surface area contributed by atoms with Gasteiger partial charge in [-0.25, -0.2) is 0 Å². The zero-order chi connectivity index (χ0) is 10.7. The van der Waals surface area contributed by atoms with Crippen molar-refractivity contribution in [2.45, 2.75) is 18.9 Å². The average molecular weight is 227 g/mol. The third kappa shape index (κ3) is 2.94. The third-order valence-electron chi connectivity index (χ3n) is 2.84. The van der Waals surface area contributed by atoms with Crippen LogP contribution in [0.4, 0.5) is 0 Å². The van der Waals surface area contributed by atoms with Crippen molar-refractivity contribution >= 4 is 11.6 Å². The molecule has 82 valence electrons. The van der Waals surface area contributed by atoms with Gasteiger partial charge in [-0.1, -0.05) is 23.7 Å². The van der Waals surface area contributed by atoms with Crippen LogP contribution < -0.4 is 0 Å². The van der Waals surface area contributed by atoms with Gasteiger partial charge in [-0.05, 0) is 36.5 Å². The second-order valence-electron chi connectivity index (χ2n) is 4.03. The second kappa shape index (κ2) is 4.97. The Bertz CT molecular complexity index is 304. The van der Waals surface area contributed by atoms with E-state index in [-0.39, 0.29) is 0 Å². The van der Waals surface area contributed by atoms with E-state index in [2.05, 4.69) is 0 Å². The van der Waals surface area contributed by atoms with Crippen molar-refractivity contribution in [3.63, 3.8) is 0 Å². The lowest BCUT2D eigenvalue weighted by molar-refractivity contribution is 0.129. The Labute approximate surface area is 94.8 Å². The molecule has 2 unspecified atom stereocenters. The van der Waals surface area contributed by atoms with Gasteiger partial charge in [0.05, 0.1) is 6.10 Å². The number of halogens is 1. The van der Waals surface area contributed by atoms with Crippen molar-refractivity contribution in [1.29, 1.82) is 0 Å². The highest BCUT2D eigenvalue weighted by Crippen LogP contribution is 2.26. The molecule has 1 saturated heterocycles. The average Bonchev–Trinajstić information content (AvgIpc) is 2.71. The largest absolute Gasteiger partial charge is 0.388 e. The molecule has 0 aromatic heterocycles. The van der Waals surface area contributed by atoms with Gasteiger partial charge in [0.2, 0.25) is 0 Å². The van der Waals surface area contributed by atoms with Crippen molar-refractivity contribution in [3.05, 3.63) is 34.9 Å². The molecule has 2 rings (SSSR count). The van der Waals surface area contributed by atoms with Gasteiger partial charge in [0.25, 0.3) is 0 Å². The molecule has 0 saturated carbocycles. The minimum absolute atomic E-state index is 0.394. The van der Waals surface area contributed by atoms with E-state index in [1.807, 2.05) is 24.3 Å². The van der Waals surface area contributed by atoms with E-state index in [1.54, 1.807) is 0 Å². The molecular formula is C12H15ClO2. The molecule has 1 fully saturated rings. The van der Waals surface area contributed by atoms with Crippen LogP contribution in [-0.2, 0) is 4.74 Å². The fourth-order valence-corrected chi connectivity index (χ4v) is 2.03. The number of hydrogen-bond donors (Lipinski definition) is 1. The van der Waals surface area contributed by atoms with Crippen LogP contribution in [0.3, 0.4) is 0 Å². The number of benzene rings is 1. The van der Waals surface area contributed by atoms with E-state index < -0.39 is 6.10 Å². The summed E-state index contributed by atoms with van der Waals surface area (Å²) in [4.78, 5) is 0. The normalized spacial score (nSPS) is 22.9. The summed E-state index contributed by atoms with van der Waals surface area (Å²) >= 11 is 5.79. The van der Waals surface area contributed by atoms with E-state index in [0.717, 1.165) is 31.6 Å². The van der Waals surface area contributed by atoms with Crippen LogP contribution in [0.2, 0.25) is 5.02 Å². The number of ether oxygens (including phenoxy) is 1. The molecule has 0 amide bonds. The summed E-state index contributed by atoms with van der Waals surface area (Å²) in [7, 11) is 0. The predicted molar refractivity (Wildman–Crippen MR) is 60.0 cm³/mol. The summed E-state index contributed by atoms with van der Waals surface area (Å²) in [5.74, 6) is 0.496. The van der Waals surface area contributed by atoms with E-state index in [4.69, 9.17) is 16.3 Å². The van der Waals surface area contributed by atoms with Crippen molar-refractivity contribution in [2.24, 2.45) is 5.92 Å². The summed E-state index contributed by atoms with van der Waals surface area (Å²) in [5.41, 5.74) is 0.936. The van der Waals surface area contributed by atoms with Crippen LogP contribution in [0.25, 0.3) is 0 Å². The van der Waals surface area contributed by atoms with Crippen LogP contribution in [0.15, 0.2) is 24.3 Å². The summed E-state index contributed by atoms with van der Waals surface area (Å²) in [6.45, 7) is 1.61. The SMILES string of the molecule is OC(CC1CCOC1)c1ccc(Cl)cc1. The lowest BCUT2D eigenvalue weighted by Gasteiger charge is -2.14. The maximum Gasteiger partial charge on any atom is 0.0793 e. The first-order valence-electron chi connectivity index (χ1n) is 5.27. The number of aliphatic hydroxyl groups excluding tert-OH is 1. The van der Waals surface area contributed by atoms with Gasteiger partial charge in [-0.3, -0.25) is 0 Å². The Morgan fingerprint density at radius 1 is 1.40 bits per heavy atom. The molecule has 0 spiro atoms. The van der Waals surface area contributed by atoms with Crippen LogP contribution in [-0.4, -0.2) is 18.3 Å². The molecule has 1 aromatic carbocycles. The van der Waals surface area contributed by atoms with Crippen molar-refractivity contribution in [2.75, 3.05) is 13.2 Å². The zero-order valence-corrected chi connectivity index (χ0v) is 9.28. The molecule has 2 nitrogen and oxygen atoms in total. The molecule has 0 radical (unpaired) electrons. The molecule has 2 atom stereocenters. The molecule has 1 aliphatic rings. The zero-order valence-electron chi connectivity index (χ0n) is 8.53. The highest BCUT2D eigenvalue weighted by molar-refractivity contribution is 6.30. The molecule has 1 heterocycles. The minimum Gasteiger partial charge on any atom is -0.388 e. The Balaban J connectivity index is 1.94. The first kappa shape index (κ1) is 10.9. The van der Waals surface area contributed by atoms with Crippen LogP contribution in [0.1, 0.15) is 24.5 Å². The lowest BCUT2D eigenvalue weighted by atomic mass is 9.96. The smallest absolute Gasteiger partial charge is 0.0793 e. The number of hydrogen-bond acceptors (Lipinski definition) is 2. The lowest BCUT2D eigenvalue weighted by Crippen LogP contribution is -2.07. The Morgan fingerprint density at radius 3 is 2.73 bits per heavy atom. The van der Waals surface area contributed by atoms with E-state index in [1.165, 1.54) is 0 Å². The first-order chi connectivity index (χ1) is 7.25. The summed E-state index contributed by atoms with van der Waals surface area (Å²) in [5, 5.41) is 10.7. The Hall–Kier alpha value is -0.570. The third-order valence-corrected chi connectivity index (χ3v) is 3.09. The predicted octanol–water partition coefficient (Wildman–Crippen LogP) is 2.80. The summed E-state index contributed by atoms with van der Waals surface area (Å²) in [6, 6.07) is 7.38. The fourth-order valence-electron chi connectivity index (χ4n) is 1.91. The minimum atomic E-state index is -0.394. The Morgan fingerprint density at radius 2 is 2.13 bits per heavy atom. The number of rotatable bonds is 3. The molecule has 0 aliphatic carbocycles. The molecule has 1 aliphatic heterocycles. The van der Waals surface area contributed by atoms with Crippen LogP contribution >= 0.6 is 11.6 Å². The Kier molecular flexibility index (Phi) is 3.62. The maximum absolute atomic E-state index is 9.97. The van der Waals surface area contributed by atoms with Gasteiger partial charge in [0, 0.05) is 18.2 Å². The topological polar surface area (TPSA) is 29.5 Å². The summed E-state index contributed by atoms with van der Waals surface area (Å²) < 4.78 is 5.28. The van der Waals surface area contributed by atoms with Crippen molar-refractivity contribution in [1.82, 2.24) is 0 Å². The second-order valence-corrected chi connectivity index (χ2v) is 4.47. The number of aliphatic hydroxyl groups is 1. The molecule has 15 heavy (non-hydrogen) atoms. The molecule has 3 heteroatoms. The first-order valence-corrected chi connectivity index (χ1v) is 5.65. The molecule has 1 aromatic rings. The highest BCUT2D eigenvalue weighted by atomic mass is 35.5. The van der Waals surface area contributed by atoms with E-state index in [9.17, 15) is 5.11 Å². The van der Waals surface area contributed by atoms with E-state index in [0.29, 0.717) is 10.9 Å². The molecular weight excluding hydrogens is 212 g/mol. The fraction of sp³-hybridized carbons (Fsp3) is 0.500. The maximum atomic E-state index is 9.97. The van der Waals surface area contributed by atoms with Gasteiger partial charge in [0.1, 0.15) is 0 Å². The van der Waals surface area contributed by atoms with Gasteiger partial charge < -0.3 is 9.84 Å². The molecule has 1 N–H and O–H groups in total.